The second-order valence-electron chi connectivity index (χ2n) is 6.10. The third kappa shape index (κ3) is 9.61. The van der Waals surface area contributed by atoms with Gasteiger partial charge in [-0.1, -0.05) is 26.0 Å². The summed E-state index contributed by atoms with van der Waals surface area (Å²) in [6, 6.07) is 10.1. The molecule has 0 unspecified atom stereocenters. The standard InChI is InChI=1S/C19H31N3.ClH/c1-4-12-22(13-5-2)15-7-6-14-21(3)17-19-10-8-18(16-20)9-11-19;/h8-11H,4-7,12-15,17H2,1-3H3;1H. The van der Waals surface area contributed by atoms with Gasteiger partial charge >= 0.3 is 0 Å². The largest absolute Gasteiger partial charge is 0.303 e. The highest BCUT2D eigenvalue weighted by Gasteiger charge is 2.04. The minimum atomic E-state index is 0. The molecule has 0 aromatic heterocycles. The van der Waals surface area contributed by atoms with E-state index in [2.05, 4.69) is 48.9 Å². The maximum absolute atomic E-state index is 8.81. The monoisotopic (exact) mass is 337 g/mol. The van der Waals surface area contributed by atoms with E-state index < -0.39 is 0 Å². The van der Waals surface area contributed by atoms with E-state index in [0.717, 1.165) is 18.7 Å². The molecule has 0 aliphatic heterocycles. The summed E-state index contributed by atoms with van der Waals surface area (Å²) in [6.07, 6.45) is 5.02. The SMILES string of the molecule is CCCN(CCC)CCCCN(C)Cc1ccc(C#N)cc1.Cl. The molecule has 0 saturated heterocycles. The van der Waals surface area contributed by atoms with Gasteiger partial charge in [-0.15, -0.1) is 12.4 Å². The van der Waals surface area contributed by atoms with E-state index in [1.54, 1.807) is 0 Å². The van der Waals surface area contributed by atoms with Gasteiger partial charge in [0.2, 0.25) is 0 Å². The molecule has 130 valence electrons. The summed E-state index contributed by atoms with van der Waals surface area (Å²) >= 11 is 0. The number of nitriles is 1. The number of halogens is 1. The van der Waals surface area contributed by atoms with Crippen LogP contribution in [0.15, 0.2) is 24.3 Å². The van der Waals surface area contributed by atoms with Crippen molar-refractivity contribution in [1.29, 1.82) is 5.26 Å². The van der Waals surface area contributed by atoms with E-state index in [1.807, 2.05) is 12.1 Å². The van der Waals surface area contributed by atoms with E-state index in [1.165, 1.54) is 50.9 Å². The van der Waals surface area contributed by atoms with Gasteiger partial charge in [-0.2, -0.15) is 5.26 Å². The summed E-state index contributed by atoms with van der Waals surface area (Å²) in [5.41, 5.74) is 2.01. The molecule has 0 aliphatic carbocycles. The summed E-state index contributed by atoms with van der Waals surface area (Å²) in [6.45, 7) is 10.3. The molecule has 1 aromatic rings. The lowest BCUT2D eigenvalue weighted by Crippen LogP contribution is -2.27. The normalized spacial score (nSPS) is 10.6. The van der Waals surface area contributed by atoms with Gasteiger partial charge in [0, 0.05) is 6.54 Å². The van der Waals surface area contributed by atoms with Gasteiger partial charge in [-0.25, -0.2) is 0 Å². The summed E-state index contributed by atoms with van der Waals surface area (Å²) < 4.78 is 0. The van der Waals surface area contributed by atoms with Crippen LogP contribution in [0.25, 0.3) is 0 Å². The molecule has 0 atom stereocenters. The van der Waals surface area contributed by atoms with Gasteiger partial charge in [0.05, 0.1) is 11.6 Å². The molecule has 0 heterocycles. The van der Waals surface area contributed by atoms with Crippen molar-refractivity contribution in [3.8, 4) is 6.07 Å². The quantitative estimate of drug-likeness (QED) is 0.563. The lowest BCUT2D eigenvalue weighted by atomic mass is 10.1. The summed E-state index contributed by atoms with van der Waals surface area (Å²) in [7, 11) is 2.17. The molecule has 0 saturated carbocycles. The molecule has 3 nitrogen and oxygen atoms in total. The van der Waals surface area contributed by atoms with E-state index in [9.17, 15) is 0 Å². The van der Waals surface area contributed by atoms with Gasteiger partial charge in [0.15, 0.2) is 0 Å². The third-order valence-corrected chi connectivity index (χ3v) is 3.88. The predicted octanol–water partition coefficient (Wildman–Crippen LogP) is 4.31. The fraction of sp³-hybridized carbons (Fsp3) is 0.632. The average Bonchev–Trinajstić information content (AvgIpc) is 2.52. The van der Waals surface area contributed by atoms with Crippen molar-refractivity contribution < 1.29 is 0 Å². The highest BCUT2D eigenvalue weighted by molar-refractivity contribution is 5.85. The summed E-state index contributed by atoms with van der Waals surface area (Å²) in [5, 5.41) is 8.81. The first-order chi connectivity index (χ1) is 10.7. The Balaban J connectivity index is 0.00000484. The number of hydrogen-bond donors (Lipinski definition) is 0. The zero-order chi connectivity index (χ0) is 16.2. The molecule has 1 rings (SSSR count). The number of hydrogen-bond acceptors (Lipinski definition) is 3. The maximum atomic E-state index is 8.81. The van der Waals surface area contributed by atoms with E-state index in [4.69, 9.17) is 5.26 Å². The van der Waals surface area contributed by atoms with Crippen LogP contribution in [0.4, 0.5) is 0 Å². The van der Waals surface area contributed by atoms with E-state index in [0.29, 0.717) is 0 Å². The van der Waals surface area contributed by atoms with Crippen LogP contribution in [0, 0.1) is 11.3 Å². The average molecular weight is 338 g/mol. The molecule has 0 fully saturated rings. The topological polar surface area (TPSA) is 30.3 Å². The van der Waals surface area contributed by atoms with Crippen molar-refractivity contribution in [3.05, 3.63) is 35.4 Å². The highest BCUT2D eigenvalue weighted by atomic mass is 35.5. The first-order valence-corrected chi connectivity index (χ1v) is 8.59. The van der Waals surface area contributed by atoms with Crippen LogP contribution in [-0.2, 0) is 6.54 Å². The number of rotatable bonds is 11. The number of benzene rings is 1. The van der Waals surface area contributed by atoms with Crippen LogP contribution < -0.4 is 0 Å². The second kappa shape index (κ2) is 13.4. The molecule has 0 amide bonds. The Bertz CT molecular complexity index is 433. The molecule has 0 bridgehead atoms. The Morgan fingerprint density at radius 2 is 1.48 bits per heavy atom. The minimum absolute atomic E-state index is 0. The van der Waals surface area contributed by atoms with Gasteiger partial charge < -0.3 is 9.80 Å². The Morgan fingerprint density at radius 3 is 2.00 bits per heavy atom. The van der Waals surface area contributed by atoms with Crippen LogP contribution in [-0.4, -0.2) is 43.0 Å². The van der Waals surface area contributed by atoms with Gasteiger partial charge in [0.25, 0.3) is 0 Å². The molecular formula is C19H32ClN3. The smallest absolute Gasteiger partial charge is 0.0991 e. The van der Waals surface area contributed by atoms with Crippen LogP contribution in [0.5, 0.6) is 0 Å². The van der Waals surface area contributed by atoms with Crippen molar-refractivity contribution in [2.75, 3.05) is 33.2 Å². The van der Waals surface area contributed by atoms with Gasteiger partial charge in [-0.05, 0) is 76.6 Å². The zero-order valence-corrected chi connectivity index (χ0v) is 15.7. The van der Waals surface area contributed by atoms with Crippen molar-refractivity contribution in [2.45, 2.75) is 46.1 Å². The summed E-state index contributed by atoms with van der Waals surface area (Å²) in [4.78, 5) is 4.95. The first kappa shape index (κ1) is 21.9. The Hall–Kier alpha value is -1.08. The molecule has 4 heteroatoms. The Morgan fingerprint density at radius 1 is 0.913 bits per heavy atom. The Kier molecular flexibility index (Phi) is 12.7. The fourth-order valence-electron chi connectivity index (χ4n) is 2.76. The second-order valence-corrected chi connectivity index (χ2v) is 6.10. The lowest BCUT2D eigenvalue weighted by molar-refractivity contribution is 0.255. The van der Waals surface area contributed by atoms with Crippen molar-refractivity contribution in [2.24, 2.45) is 0 Å². The van der Waals surface area contributed by atoms with Crippen molar-refractivity contribution >= 4 is 12.4 Å². The first-order valence-electron chi connectivity index (χ1n) is 8.59. The molecular weight excluding hydrogens is 306 g/mol. The van der Waals surface area contributed by atoms with Gasteiger partial charge in [0.1, 0.15) is 0 Å². The molecule has 23 heavy (non-hydrogen) atoms. The number of unbranched alkanes of at least 4 members (excludes halogenated alkanes) is 1. The highest BCUT2D eigenvalue weighted by Crippen LogP contribution is 2.07. The van der Waals surface area contributed by atoms with Crippen molar-refractivity contribution in [3.63, 3.8) is 0 Å². The fourth-order valence-corrected chi connectivity index (χ4v) is 2.76. The van der Waals surface area contributed by atoms with Crippen LogP contribution in [0.1, 0.15) is 50.7 Å². The Labute approximate surface area is 148 Å². The lowest BCUT2D eigenvalue weighted by Gasteiger charge is -2.22. The van der Waals surface area contributed by atoms with Gasteiger partial charge in [-0.3, -0.25) is 0 Å². The van der Waals surface area contributed by atoms with Crippen LogP contribution in [0.2, 0.25) is 0 Å². The van der Waals surface area contributed by atoms with Crippen LogP contribution in [0.3, 0.4) is 0 Å². The number of nitrogens with zero attached hydrogens (tertiary/aromatic N) is 3. The molecule has 1 aromatic carbocycles. The minimum Gasteiger partial charge on any atom is -0.303 e. The molecule has 0 N–H and O–H groups in total. The van der Waals surface area contributed by atoms with Crippen molar-refractivity contribution in [1.82, 2.24) is 9.80 Å². The molecule has 0 radical (unpaired) electrons. The van der Waals surface area contributed by atoms with Crippen LogP contribution >= 0.6 is 12.4 Å². The zero-order valence-electron chi connectivity index (χ0n) is 14.9. The van der Waals surface area contributed by atoms with E-state index >= 15 is 0 Å². The van der Waals surface area contributed by atoms with E-state index in [-0.39, 0.29) is 12.4 Å². The molecule has 0 aliphatic rings. The predicted molar refractivity (Wildman–Crippen MR) is 101 cm³/mol. The summed E-state index contributed by atoms with van der Waals surface area (Å²) in [5.74, 6) is 0. The third-order valence-electron chi connectivity index (χ3n) is 3.88. The molecule has 0 spiro atoms. The maximum Gasteiger partial charge on any atom is 0.0991 e.